The summed E-state index contributed by atoms with van der Waals surface area (Å²) < 4.78 is 37.8. The van der Waals surface area contributed by atoms with E-state index in [2.05, 4.69) is 0 Å². The standard InChI is InChI=1S/C32H51FN2O10/c1-5-8-11-13-15-25(36)32(41)21-31(35-19-24(33)29(39)34-30(35)40,22-44-28(38)18-23(4)42-17-10-7-3)45-26(32)20-43-27(37)16-14-12-9-6-2/h19,23,26,41H,5-18,20-22H2,1-4H3,(H,34,39,40)/t23?,26-,31+,32-/m1/s1. The minimum atomic E-state index is -2.29. The van der Waals surface area contributed by atoms with Gasteiger partial charge in [0.2, 0.25) is 5.82 Å². The molecule has 4 atom stereocenters. The number of hydrogen-bond donors (Lipinski definition) is 2. The Balaban J connectivity index is 2.40. The zero-order valence-corrected chi connectivity index (χ0v) is 27.2. The van der Waals surface area contributed by atoms with E-state index in [-0.39, 0.29) is 19.3 Å². The molecule has 0 bridgehead atoms. The number of aliphatic hydroxyl groups is 1. The number of halogens is 1. The van der Waals surface area contributed by atoms with Crippen LogP contribution < -0.4 is 11.2 Å². The lowest BCUT2D eigenvalue weighted by molar-refractivity contribution is -0.183. The second-order valence-electron chi connectivity index (χ2n) is 11.9. The van der Waals surface area contributed by atoms with Crippen molar-refractivity contribution >= 4 is 17.7 Å². The van der Waals surface area contributed by atoms with Crippen LogP contribution in [0.5, 0.6) is 0 Å². The van der Waals surface area contributed by atoms with Crippen LogP contribution in [0.25, 0.3) is 0 Å². The predicted molar refractivity (Wildman–Crippen MR) is 163 cm³/mol. The molecule has 1 aliphatic rings. The number of Topliss-reactive ketones (excluding diaryl/α,β-unsaturated/α-hetero) is 1. The van der Waals surface area contributed by atoms with Crippen molar-refractivity contribution in [1.82, 2.24) is 9.55 Å². The van der Waals surface area contributed by atoms with Crippen molar-refractivity contribution in [2.24, 2.45) is 0 Å². The van der Waals surface area contributed by atoms with Gasteiger partial charge in [-0.3, -0.25) is 28.7 Å². The summed E-state index contributed by atoms with van der Waals surface area (Å²) in [5.41, 5.74) is -6.80. The van der Waals surface area contributed by atoms with E-state index in [0.29, 0.717) is 30.2 Å². The third kappa shape index (κ3) is 11.4. The quantitative estimate of drug-likeness (QED) is 0.139. The van der Waals surface area contributed by atoms with Gasteiger partial charge in [-0.2, -0.15) is 4.39 Å². The summed E-state index contributed by atoms with van der Waals surface area (Å²) in [5.74, 6) is -3.23. The van der Waals surface area contributed by atoms with E-state index in [4.69, 9.17) is 18.9 Å². The number of nitrogens with zero attached hydrogens (tertiary/aromatic N) is 1. The highest BCUT2D eigenvalue weighted by Crippen LogP contribution is 2.43. The van der Waals surface area contributed by atoms with Crippen molar-refractivity contribution in [3.05, 3.63) is 32.9 Å². The number of nitrogens with one attached hydrogen (secondary N) is 1. The normalized spacial score (nSPS) is 21.9. The highest BCUT2D eigenvalue weighted by atomic mass is 19.1. The van der Waals surface area contributed by atoms with Crippen molar-refractivity contribution < 1.29 is 42.8 Å². The van der Waals surface area contributed by atoms with Gasteiger partial charge in [-0.15, -0.1) is 0 Å². The van der Waals surface area contributed by atoms with Crippen molar-refractivity contribution in [2.45, 2.75) is 141 Å². The van der Waals surface area contributed by atoms with Crippen LogP contribution in [0.15, 0.2) is 15.8 Å². The Bertz CT molecular complexity index is 1220. The maximum atomic E-state index is 14.5. The van der Waals surface area contributed by atoms with Crippen LogP contribution in [0, 0.1) is 5.82 Å². The SMILES string of the molecule is CCCCCCC(=O)OC[C@H]1O[C@@](COC(=O)CC(C)OCCCC)(n2cc(F)c(=O)[nH]c2=O)C[C@@]1(O)C(=O)CCCCCC. The summed E-state index contributed by atoms with van der Waals surface area (Å²) >= 11 is 0. The molecule has 1 aromatic heterocycles. The maximum Gasteiger partial charge on any atom is 0.330 e. The number of H-pyrrole nitrogens is 1. The Kier molecular flexibility index (Phi) is 16.1. The molecule has 0 spiro atoms. The summed E-state index contributed by atoms with van der Waals surface area (Å²) in [6.07, 6.45) is 6.08. The number of aromatic nitrogens is 2. The third-order valence-electron chi connectivity index (χ3n) is 7.96. The molecule has 2 N–H and O–H groups in total. The fourth-order valence-corrected chi connectivity index (χ4v) is 5.28. The molecule has 1 unspecified atom stereocenters. The molecule has 1 fully saturated rings. The Morgan fingerprint density at radius 2 is 1.64 bits per heavy atom. The molecule has 256 valence electrons. The molecule has 0 aliphatic carbocycles. The molecule has 2 heterocycles. The zero-order valence-electron chi connectivity index (χ0n) is 27.2. The lowest BCUT2D eigenvalue weighted by Crippen LogP contribution is -2.50. The highest BCUT2D eigenvalue weighted by molar-refractivity contribution is 5.88. The van der Waals surface area contributed by atoms with Crippen LogP contribution in [0.1, 0.15) is 118 Å². The monoisotopic (exact) mass is 642 g/mol. The van der Waals surface area contributed by atoms with E-state index >= 15 is 0 Å². The topological polar surface area (TPSA) is 163 Å². The largest absolute Gasteiger partial charge is 0.463 e. The van der Waals surface area contributed by atoms with Crippen LogP contribution in [0.4, 0.5) is 4.39 Å². The van der Waals surface area contributed by atoms with E-state index < -0.39 is 78.0 Å². The molecule has 13 heteroatoms. The Labute approximate surface area is 264 Å². The van der Waals surface area contributed by atoms with E-state index in [0.717, 1.165) is 51.4 Å². The van der Waals surface area contributed by atoms with E-state index in [1.807, 2.05) is 25.8 Å². The molecule has 2 rings (SSSR count). The van der Waals surface area contributed by atoms with Gasteiger partial charge in [0.1, 0.15) is 19.3 Å². The molecule has 0 saturated carbocycles. The van der Waals surface area contributed by atoms with Crippen LogP contribution >= 0.6 is 0 Å². The van der Waals surface area contributed by atoms with E-state index in [9.17, 15) is 33.5 Å². The molecular formula is C32H51FN2O10. The number of hydrogen-bond acceptors (Lipinski definition) is 10. The molecular weight excluding hydrogens is 591 g/mol. The number of aromatic amines is 1. The first kappa shape index (κ1) is 38.3. The van der Waals surface area contributed by atoms with Crippen LogP contribution in [0.3, 0.4) is 0 Å². The summed E-state index contributed by atoms with van der Waals surface area (Å²) in [4.78, 5) is 65.5. The second kappa shape index (κ2) is 18.9. The van der Waals surface area contributed by atoms with Gasteiger partial charge in [0, 0.05) is 25.9 Å². The van der Waals surface area contributed by atoms with Gasteiger partial charge in [-0.25, -0.2) is 4.79 Å². The maximum absolute atomic E-state index is 14.5. The van der Waals surface area contributed by atoms with Crippen molar-refractivity contribution in [1.29, 1.82) is 0 Å². The number of ether oxygens (including phenoxy) is 4. The van der Waals surface area contributed by atoms with Gasteiger partial charge in [0.05, 0.1) is 18.7 Å². The smallest absolute Gasteiger partial charge is 0.330 e. The zero-order chi connectivity index (χ0) is 33.5. The molecule has 1 aromatic rings. The van der Waals surface area contributed by atoms with Crippen molar-refractivity contribution in [3.8, 4) is 0 Å². The van der Waals surface area contributed by atoms with Gasteiger partial charge in [-0.05, 0) is 26.2 Å². The van der Waals surface area contributed by atoms with Crippen LogP contribution in [-0.2, 0) is 39.1 Å². The number of carbonyl (C=O) groups is 3. The molecule has 0 amide bonds. The molecule has 0 radical (unpaired) electrons. The molecule has 1 saturated heterocycles. The van der Waals surface area contributed by atoms with E-state index in [1.54, 1.807) is 6.92 Å². The lowest BCUT2D eigenvalue weighted by atomic mass is 9.85. The molecule has 0 aromatic carbocycles. The molecule has 12 nitrogen and oxygen atoms in total. The number of ketones is 1. The summed E-state index contributed by atoms with van der Waals surface area (Å²) in [5, 5.41) is 11.9. The molecule has 45 heavy (non-hydrogen) atoms. The van der Waals surface area contributed by atoms with Gasteiger partial charge in [0.15, 0.2) is 17.1 Å². The van der Waals surface area contributed by atoms with Crippen molar-refractivity contribution in [3.63, 3.8) is 0 Å². The minimum Gasteiger partial charge on any atom is -0.463 e. The Hall–Kier alpha value is -2.90. The number of esters is 2. The van der Waals surface area contributed by atoms with Gasteiger partial charge >= 0.3 is 17.6 Å². The van der Waals surface area contributed by atoms with Crippen molar-refractivity contribution in [2.75, 3.05) is 19.8 Å². The third-order valence-corrected chi connectivity index (χ3v) is 7.96. The number of rotatable bonds is 22. The first-order valence-corrected chi connectivity index (χ1v) is 16.3. The number of unbranched alkanes of at least 4 members (excludes halogenated alkanes) is 7. The second-order valence-corrected chi connectivity index (χ2v) is 11.9. The van der Waals surface area contributed by atoms with Gasteiger partial charge in [0.25, 0.3) is 5.56 Å². The van der Waals surface area contributed by atoms with Gasteiger partial charge < -0.3 is 24.1 Å². The van der Waals surface area contributed by atoms with E-state index in [1.165, 1.54) is 0 Å². The van der Waals surface area contributed by atoms with Gasteiger partial charge in [-0.1, -0.05) is 65.7 Å². The first-order chi connectivity index (χ1) is 21.4. The summed E-state index contributed by atoms with van der Waals surface area (Å²) in [6.45, 7) is 6.96. The lowest BCUT2D eigenvalue weighted by Gasteiger charge is -2.30. The van der Waals surface area contributed by atoms with Crippen LogP contribution in [0.2, 0.25) is 0 Å². The predicted octanol–water partition coefficient (Wildman–Crippen LogP) is 4.04. The highest BCUT2D eigenvalue weighted by Gasteiger charge is 2.61. The minimum absolute atomic E-state index is 0.0291. The fourth-order valence-electron chi connectivity index (χ4n) is 5.28. The first-order valence-electron chi connectivity index (χ1n) is 16.3. The average Bonchev–Trinajstić information content (AvgIpc) is 3.30. The molecule has 1 aliphatic heterocycles. The Morgan fingerprint density at radius 1 is 1.00 bits per heavy atom. The Morgan fingerprint density at radius 3 is 2.29 bits per heavy atom. The average molecular weight is 643 g/mol. The van der Waals surface area contributed by atoms with Crippen LogP contribution in [-0.4, -0.2) is 70.0 Å². The summed E-state index contributed by atoms with van der Waals surface area (Å²) in [6, 6.07) is 0. The summed E-state index contributed by atoms with van der Waals surface area (Å²) in [7, 11) is 0. The number of carbonyl (C=O) groups excluding carboxylic acids is 3. The fraction of sp³-hybridized carbons (Fsp3) is 0.781.